The number of aromatic carboxylic acids is 1. The molecule has 0 atom stereocenters. The van der Waals surface area contributed by atoms with Crippen molar-refractivity contribution >= 4 is 17.7 Å². The highest BCUT2D eigenvalue weighted by atomic mass is 16.5. The first kappa shape index (κ1) is 17.7. The number of nitrogens with zero attached hydrogens (tertiary/aromatic N) is 4. The van der Waals surface area contributed by atoms with Crippen molar-refractivity contribution in [2.24, 2.45) is 0 Å². The van der Waals surface area contributed by atoms with E-state index < -0.39 is 5.97 Å². The molecule has 1 aromatic heterocycles. The normalized spacial score (nSPS) is 14.2. The summed E-state index contributed by atoms with van der Waals surface area (Å²) in [6.07, 6.45) is 2.69. The van der Waals surface area contributed by atoms with E-state index in [1.165, 1.54) is 12.4 Å². The van der Waals surface area contributed by atoms with Crippen LogP contribution < -0.4 is 9.64 Å². The molecule has 1 amide bonds. The SMILES string of the molecule is COc1cc(C(=O)N2CCN(c3cnc(C(=O)O)cn3)CC2)ccc1C. The summed E-state index contributed by atoms with van der Waals surface area (Å²) in [5, 5.41) is 8.88. The van der Waals surface area contributed by atoms with Crippen molar-refractivity contribution in [2.75, 3.05) is 38.2 Å². The molecule has 2 heterocycles. The molecule has 8 heteroatoms. The van der Waals surface area contributed by atoms with Gasteiger partial charge in [0.25, 0.3) is 5.91 Å². The Balaban J connectivity index is 1.64. The van der Waals surface area contributed by atoms with Crippen LogP contribution in [0.3, 0.4) is 0 Å². The van der Waals surface area contributed by atoms with Crippen molar-refractivity contribution in [3.8, 4) is 5.75 Å². The van der Waals surface area contributed by atoms with E-state index in [1.54, 1.807) is 18.1 Å². The van der Waals surface area contributed by atoms with Gasteiger partial charge in [-0.3, -0.25) is 4.79 Å². The maximum atomic E-state index is 12.7. The zero-order valence-corrected chi connectivity index (χ0v) is 14.7. The summed E-state index contributed by atoms with van der Waals surface area (Å²) in [6.45, 7) is 4.25. The van der Waals surface area contributed by atoms with E-state index in [2.05, 4.69) is 9.97 Å². The number of benzene rings is 1. The fourth-order valence-electron chi connectivity index (χ4n) is 2.87. The summed E-state index contributed by atoms with van der Waals surface area (Å²) in [7, 11) is 1.59. The molecule has 0 spiro atoms. The third-order valence-corrected chi connectivity index (χ3v) is 4.40. The number of ether oxygens (including phenoxy) is 1. The standard InChI is InChI=1S/C18H20N4O4/c1-12-3-4-13(9-15(12)26-2)17(23)22-7-5-21(6-8-22)16-11-19-14(10-20-16)18(24)25/h3-4,9-11H,5-8H2,1-2H3,(H,24,25). The van der Waals surface area contributed by atoms with Crippen LogP contribution in [0.25, 0.3) is 0 Å². The number of carbonyl (C=O) groups excluding carboxylic acids is 1. The number of aryl methyl sites for hydroxylation is 1. The Kier molecular flexibility index (Phi) is 5.01. The fraction of sp³-hybridized carbons (Fsp3) is 0.333. The Hall–Kier alpha value is -3.16. The van der Waals surface area contributed by atoms with Gasteiger partial charge in [0.05, 0.1) is 19.5 Å². The first-order valence-corrected chi connectivity index (χ1v) is 8.24. The van der Waals surface area contributed by atoms with E-state index in [0.717, 1.165) is 5.56 Å². The Morgan fingerprint density at radius 1 is 1.12 bits per heavy atom. The smallest absolute Gasteiger partial charge is 0.356 e. The summed E-state index contributed by atoms with van der Waals surface area (Å²) in [6, 6.07) is 5.45. The van der Waals surface area contributed by atoms with E-state index in [-0.39, 0.29) is 11.6 Å². The third-order valence-electron chi connectivity index (χ3n) is 4.40. The number of amides is 1. The van der Waals surface area contributed by atoms with Gasteiger partial charge in [-0.15, -0.1) is 0 Å². The number of carbonyl (C=O) groups is 2. The van der Waals surface area contributed by atoms with E-state index in [4.69, 9.17) is 9.84 Å². The second-order valence-corrected chi connectivity index (χ2v) is 6.03. The van der Waals surface area contributed by atoms with Gasteiger partial charge in [-0.25, -0.2) is 14.8 Å². The highest BCUT2D eigenvalue weighted by Gasteiger charge is 2.23. The lowest BCUT2D eigenvalue weighted by Crippen LogP contribution is -2.49. The molecule has 2 aromatic rings. The molecule has 0 bridgehead atoms. The summed E-state index contributed by atoms with van der Waals surface area (Å²) in [4.78, 5) is 35.3. The number of carboxylic acids is 1. The van der Waals surface area contributed by atoms with Gasteiger partial charge in [-0.05, 0) is 24.6 Å². The van der Waals surface area contributed by atoms with Crippen LogP contribution in [-0.2, 0) is 0 Å². The second-order valence-electron chi connectivity index (χ2n) is 6.03. The lowest BCUT2D eigenvalue weighted by molar-refractivity contribution is 0.0688. The number of anilines is 1. The van der Waals surface area contributed by atoms with Crippen molar-refractivity contribution in [1.82, 2.24) is 14.9 Å². The van der Waals surface area contributed by atoms with Gasteiger partial charge in [0.15, 0.2) is 5.69 Å². The summed E-state index contributed by atoms with van der Waals surface area (Å²) < 4.78 is 5.29. The van der Waals surface area contributed by atoms with Crippen molar-refractivity contribution in [1.29, 1.82) is 0 Å². The van der Waals surface area contributed by atoms with Crippen LogP contribution in [0, 0.1) is 6.92 Å². The minimum absolute atomic E-state index is 0.0322. The zero-order valence-electron chi connectivity index (χ0n) is 14.7. The largest absolute Gasteiger partial charge is 0.496 e. The predicted molar refractivity (Wildman–Crippen MR) is 94.8 cm³/mol. The second kappa shape index (κ2) is 7.38. The Morgan fingerprint density at radius 3 is 2.42 bits per heavy atom. The van der Waals surface area contributed by atoms with Crippen molar-refractivity contribution in [3.63, 3.8) is 0 Å². The van der Waals surface area contributed by atoms with Crippen LogP contribution in [-0.4, -0.2) is 65.1 Å². The summed E-state index contributed by atoms with van der Waals surface area (Å²) >= 11 is 0. The Labute approximate surface area is 151 Å². The van der Waals surface area contributed by atoms with Gasteiger partial charge in [0.1, 0.15) is 11.6 Å². The number of hydrogen-bond donors (Lipinski definition) is 1. The molecule has 1 saturated heterocycles. The van der Waals surface area contributed by atoms with E-state index >= 15 is 0 Å². The highest BCUT2D eigenvalue weighted by molar-refractivity contribution is 5.95. The molecular weight excluding hydrogens is 336 g/mol. The summed E-state index contributed by atoms with van der Waals surface area (Å²) in [5.74, 6) is 0.172. The van der Waals surface area contributed by atoms with Crippen molar-refractivity contribution < 1.29 is 19.4 Å². The molecule has 3 rings (SSSR count). The first-order chi connectivity index (χ1) is 12.5. The lowest BCUT2D eigenvalue weighted by atomic mass is 10.1. The van der Waals surface area contributed by atoms with Crippen LogP contribution in [0.2, 0.25) is 0 Å². The molecule has 1 aliphatic heterocycles. The molecule has 0 unspecified atom stereocenters. The van der Waals surface area contributed by atoms with Crippen LogP contribution in [0.15, 0.2) is 30.6 Å². The van der Waals surface area contributed by atoms with Crippen LogP contribution in [0.5, 0.6) is 5.75 Å². The number of hydrogen-bond acceptors (Lipinski definition) is 6. The topological polar surface area (TPSA) is 95.9 Å². The van der Waals surface area contributed by atoms with E-state index in [1.807, 2.05) is 24.0 Å². The molecule has 136 valence electrons. The molecule has 0 saturated carbocycles. The number of piperazine rings is 1. The maximum absolute atomic E-state index is 12.7. The molecule has 0 aliphatic carbocycles. The van der Waals surface area contributed by atoms with Gasteiger partial charge in [0.2, 0.25) is 0 Å². The van der Waals surface area contributed by atoms with Crippen molar-refractivity contribution in [3.05, 3.63) is 47.4 Å². The Morgan fingerprint density at radius 2 is 1.85 bits per heavy atom. The average Bonchev–Trinajstić information content (AvgIpc) is 2.68. The van der Waals surface area contributed by atoms with Gasteiger partial charge >= 0.3 is 5.97 Å². The van der Waals surface area contributed by atoms with Gasteiger partial charge in [-0.2, -0.15) is 0 Å². The highest BCUT2D eigenvalue weighted by Crippen LogP contribution is 2.21. The van der Waals surface area contributed by atoms with Crippen molar-refractivity contribution in [2.45, 2.75) is 6.92 Å². The fourth-order valence-corrected chi connectivity index (χ4v) is 2.87. The number of rotatable bonds is 4. The molecular formula is C18H20N4O4. The van der Waals surface area contributed by atoms with Gasteiger partial charge < -0.3 is 19.6 Å². The van der Waals surface area contributed by atoms with E-state index in [0.29, 0.717) is 43.3 Å². The first-order valence-electron chi connectivity index (χ1n) is 8.24. The van der Waals surface area contributed by atoms with E-state index in [9.17, 15) is 9.59 Å². The molecule has 8 nitrogen and oxygen atoms in total. The predicted octanol–water partition coefficient (Wildman–Crippen LogP) is 1.45. The molecule has 1 N–H and O–H groups in total. The van der Waals surface area contributed by atoms with Crippen LogP contribution >= 0.6 is 0 Å². The molecule has 1 aliphatic rings. The minimum atomic E-state index is -1.10. The molecule has 1 fully saturated rings. The monoisotopic (exact) mass is 356 g/mol. The average molecular weight is 356 g/mol. The van der Waals surface area contributed by atoms with Crippen LogP contribution in [0.1, 0.15) is 26.4 Å². The molecule has 0 radical (unpaired) electrons. The maximum Gasteiger partial charge on any atom is 0.356 e. The molecule has 1 aromatic carbocycles. The van der Waals surface area contributed by atoms with Crippen LogP contribution in [0.4, 0.5) is 5.82 Å². The van der Waals surface area contributed by atoms with Gasteiger partial charge in [0, 0.05) is 31.7 Å². The number of carboxylic acid groups (broad SMARTS) is 1. The summed E-state index contributed by atoms with van der Waals surface area (Å²) in [5.41, 5.74) is 1.50. The zero-order chi connectivity index (χ0) is 18.7. The minimum Gasteiger partial charge on any atom is -0.496 e. The Bertz CT molecular complexity index is 814. The number of aromatic nitrogens is 2. The van der Waals surface area contributed by atoms with Gasteiger partial charge in [-0.1, -0.05) is 6.07 Å². The number of methoxy groups -OCH3 is 1. The third kappa shape index (κ3) is 3.58. The lowest BCUT2D eigenvalue weighted by Gasteiger charge is -2.35. The molecule has 26 heavy (non-hydrogen) atoms. The quantitative estimate of drug-likeness (QED) is 0.886.